The summed E-state index contributed by atoms with van der Waals surface area (Å²) < 4.78 is 22.4. The lowest BCUT2D eigenvalue weighted by molar-refractivity contribution is 0.0302. The average molecular weight is 292 g/mol. The van der Waals surface area contributed by atoms with Crippen LogP contribution in [0.15, 0.2) is 18.2 Å². The van der Waals surface area contributed by atoms with Crippen molar-refractivity contribution in [3.63, 3.8) is 0 Å². The van der Waals surface area contributed by atoms with Crippen molar-refractivity contribution >= 4 is 0 Å². The lowest BCUT2D eigenvalue weighted by Crippen LogP contribution is -2.19. The van der Waals surface area contributed by atoms with Crippen LogP contribution in [-0.2, 0) is 20.6 Å². The van der Waals surface area contributed by atoms with Crippen LogP contribution in [0.2, 0.25) is 0 Å². The zero-order valence-corrected chi connectivity index (χ0v) is 12.8. The summed E-state index contributed by atoms with van der Waals surface area (Å²) in [7, 11) is 1.71. The van der Waals surface area contributed by atoms with Crippen LogP contribution < -0.4 is 4.74 Å². The second-order valence-electron chi connectivity index (χ2n) is 5.85. The van der Waals surface area contributed by atoms with Gasteiger partial charge in [-0.1, -0.05) is 12.1 Å². The summed E-state index contributed by atoms with van der Waals surface area (Å²) in [4.78, 5) is 0. The molecule has 1 heterocycles. The minimum atomic E-state index is 0.100. The first-order valence-electron chi connectivity index (χ1n) is 7.78. The van der Waals surface area contributed by atoms with Gasteiger partial charge in [-0.15, -0.1) is 0 Å². The molecular formula is C17H24O4. The molecule has 1 fully saturated rings. The van der Waals surface area contributed by atoms with Gasteiger partial charge >= 0.3 is 0 Å². The Morgan fingerprint density at radius 2 is 2.24 bits per heavy atom. The molecule has 0 bridgehead atoms. The van der Waals surface area contributed by atoms with Gasteiger partial charge in [0.1, 0.15) is 18.5 Å². The second kappa shape index (κ2) is 6.77. The SMILES string of the molecule is COC(C)COc1cccc2c1CCCC2OCC1CO1. The summed E-state index contributed by atoms with van der Waals surface area (Å²) in [6.07, 6.45) is 3.88. The summed E-state index contributed by atoms with van der Waals surface area (Å²) in [6, 6.07) is 6.27. The molecule has 1 saturated heterocycles. The minimum absolute atomic E-state index is 0.100. The molecule has 0 N–H and O–H groups in total. The maximum absolute atomic E-state index is 6.03. The van der Waals surface area contributed by atoms with E-state index in [0.717, 1.165) is 31.6 Å². The van der Waals surface area contributed by atoms with Crippen molar-refractivity contribution in [1.82, 2.24) is 0 Å². The molecule has 0 aromatic heterocycles. The van der Waals surface area contributed by atoms with Crippen LogP contribution >= 0.6 is 0 Å². The minimum Gasteiger partial charge on any atom is -0.491 e. The number of hydrogen-bond donors (Lipinski definition) is 0. The Morgan fingerprint density at radius 3 is 3.00 bits per heavy atom. The lowest BCUT2D eigenvalue weighted by atomic mass is 9.88. The Bertz CT molecular complexity index is 470. The van der Waals surface area contributed by atoms with E-state index in [1.807, 2.05) is 13.0 Å². The largest absolute Gasteiger partial charge is 0.491 e. The molecule has 1 aromatic rings. The number of hydrogen-bond acceptors (Lipinski definition) is 4. The van der Waals surface area contributed by atoms with Gasteiger partial charge in [-0.3, -0.25) is 0 Å². The number of methoxy groups -OCH3 is 1. The van der Waals surface area contributed by atoms with Crippen molar-refractivity contribution in [2.24, 2.45) is 0 Å². The van der Waals surface area contributed by atoms with E-state index in [2.05, 4.69) is 12.1 Å². The molecule has 2 aliphatic rings. The Morgan fingerprint density at radius 1 is 1.38 bits per heavy atom. The van der Waals surface area contributed by atoms with Gasteiger partial charge in [-0.2, -0.15) is 0 Å². The molecule has 0 radical (unpaired) electrons. The van der Waals surface area contributed by atoms with Gasteiger partial charge in [0.25, 0.3) is 0 Å². The van der Waals surface area contributed by atoms with E-state index < -0.39 is 0 Å². The highest BCUT2D eigenvalue weighted by Gasteiger charge is 2.28. The molecule has 1 aliphatic heterocycles. The van der Waals surface area contributed by atoms with Crippen LogP contribution in [0.4, 0.5) is 0 Å². The van der Waals surface area contributed by atoms with Crippen molar-refractivity contribution in [2.45, 2.75) is 44.5 Å². The first-order chi connectivity index (χ1) is 10.3. The third-order valence-electron chi connectivity index (χ3n) is 4.17. The van der Waals surface area contributed by atoms with Gasteiger partial charge in [0, 0.05) is 7.11 Å². The quantitative estimate of drug-likeness (QED) is 0.725. The molecule has 1 aliphatic carbocycles. The second-order valence-corrected chi connectivity index (χ2v) is 5.85. The molecule has 1 aromatic carbocycles. The van der Waals surface area contributed by atoms with E-state index in [-0.39, 0.29) is 12.2 Å². The van der Waals surface area contributed by atoms with Gasteiger partial charge in [-0.25, -0.2) is 0 Å². The maximum atomic E-state index is 6.03. The summed E-state index contributed by atoms with van der Waals surface area (Å²) in [5.74, 6) is 0.979. The molecule has 116 valence electrons. The average Bonchev–Trinajstić information content (AvgIpc) is 3.34. The van der Waals surface area contributed by atoms with Crippen molar-refractivity contribution < 1.29 is 18.9 Å². The smallest absolute Gasteiger partial charge is 0.122 e. The Labute approximate surface area is 126 Å². The monoisotopic (exact) mass is 292 g/mol. The van der Waals surface area contributed by atoms with Crippen LogP contribution in [0.25, 0.3) is 0 Å². The van der Waals surface area contributed by atoms with E-state index in [4.69, 9.17) is 18.9 Å². The van der Waals surface area contributed by atoms with E-state index in [1.54, 1.807) is 7.11 Å². The number of benzene rings is 1. The van der Waals surface area contributed by atoms with Crippen LogP contribution in [0.1, 0.15) is 37.0 Å². The summed E-state index contributed by atoms with van der Waals surface area (Å²) in [5.41, 5.74) is 2.58. The topological polar surface area (TPSA) is 40.2 Å². The molecule has 0 amide bonds. The van der Waals surface area contributed by atoms with Crippen molar-refractivity contribution in [3.8, 4) is 5.75 Å². The van der Waals surface area contributed by atoms with Crippen LogP contribution in [0, 0.1) is 0 Å². The number of fused-ring (bicyclic) bond motifs is 1. The van der Waals surface area contributed by atoms with Crippen molar-refractivity contribution in [3.05, 3.63) is 29.3 Å². The molecule has 3 atom stereocenters. The fourth-order valence-electron chi connectivity index (χ4n) is 2.74. The number of rotatable bonds is 7. The van der Waals surface area contributed by atoms with Crippen molar-refractivity contribution in [1.29, 1.82) is 0 Å². The zero-order chi connectivity index (χ0) is 14.7. The molecule has 0 spiro atoms. The first kappa shape index (κ1) is 14.8. The van der Waals surface area contributed by atoms with E-state index in [1.165, 1.54) is 11.1 Å². The van der Waals surface area contributed by atoms with E-state index in [9.17, 15) is 0 Å². The Balaban J connectivity index is 1.69. The Kier molecular flexibility index (Phi) is 4.78. The zero-order valence-electron chi connectivity index (χ0n) is 12.8. The molecule has 4 heteroatoms. The summed E-state index contributed by atoms with van der Waals surface area (Å²) in [5, 5.41) is 0. The van der Waals surface area contributed by atoms with E-state index in [0.29, 0.717) is 19.3 Å². The molecule has 4 nitrogen and oxygen atoms in total. The van der Waals surface area contributed by atoms with Crippen LogP contribution in [0.5, 0.6) is 5.75 Å². The Hall–Kier alpha value is -1.10. The predicted octanol–water partition coefficient (Wildman–Crippen LogP) is 2.89. The maximum Gasteiger partial charge on any atom is 0.122 e. The van der Waals surface area contributed by atoms with Crippen LogP contribution in [-0.4, -0.2) is 39.1 Å². The molecule has 3 rings (SSSR count). The highest BCUT2D eigenvalue weighted by atomic mass is 16.6. The van der Waals surface area contributed by atoms with Gasteiger partial charge in [0.2, 0.25) is 0 Å². The lowest BCUT2D eigenvalue weighted by Gasteiger charge is -2.27. The fraction of sp³-hybridized carbons (Fsp3) is 0.647. The fourth-order valence-corrected chi connectivity index (χ4v) is 2.74. The summed E-state index contributed by atoms with van der Waals surface area (Å²) in [6.45, 7) is 4.14. The first-order valence-corrected chi connectivity index (χ1v) is 7.78. The standard InChI is InChI=1S/C17H24O4/c1-12(18-2)9-20-16-7-3-6-15-14(16)5-4-8-17(15)21-11-13-10-19-13/h3,6-7,12-13,17H,4-5,8-11H2,1-2H3. The number of epoxide rings is 1. The van der Waals surface area contributed by atoms with Gasteiger partial charge in [0.05, 0.1) is 25.4 Å². The highest BCUT2D eigenvalue weighted by Crippen LogP contribution is 2.37. The van der Waals surface area contributed by atoms with Gasteiger partial charge in [0.15, 0.2) is 0 Å². The third-order valence-corrected chi connectivity index (χ3v) is 4.17. The normalized spacial score (nSPS) is 25.2. The van der Waals surface area contributed by atoms with Gasteiger partial charge < -0.3 is 18.9 Å². The van der Waals surface area contributed by atoms with Crippen molar-refractivity contribution in [2.75, 3.05) is 26.9 Å². The van der Waals surface area contributed by atoms with Gasteiger partial charge in [-0.05, 0) is 43.4 Å². The molecule has 0 saturated carbocycles. The third kappa shape index (κ3) is 3.76. The molecular weight excluding hydrogens is 268 g/mol. The molecule has 3 unspecified atom stereocenters. The highest BCUT2D eigenvalue weighted by molar-refractivity contribution is 5.43. The summed E-state index contributed by atoms with van der Waals surface area (Å²) >= 11 is 0. The van der Waals surface area contributed by atoms with E-state index >= 15 is 0 Å². The molecule has 21 heavy (non-hydrogen) atoms. The predicted molar refractivity (Wildman–Crippen MR) is 79.8 cm³/mol. The van der Waals surface area contributed by atoms with Crippen LogP contribution in [0.3, 0.4) is 0 Å². The number of ether oxygens (including phenoxy) is 4.